The van der Waals surface area contributed by atoms with Gasteiger partial charge in [0.15, 0.2) is 5.82 Å². The first-order valence-electron chi connectivity index (χ1n) is 4.93. The maximum absolute atomic E-state index is 10.4. The van der Waals surface area contributed by atoms with E-state index in [0.717, 1.165) is 18.7 Å². The summed E-state index contributed by atoms with van der Waals surface area (Å²) in [5.41, 5.74) is 0. The zero-order valence-electron chi connectivity index (χ0n) is 8.19. The topological polar surface area (TPSA) is 68.0 Å². The molecule has 1 aromatic rings. The van der Waals surface area contributed by atoms with Crippen molar-refractivity contribution in [3.05, 3.63) is 11.6 Å². The zero-order valence-corrected chi connectivity index (χ0v) is 8.94. The van der Waals surface area contributed by atoms with E-state index >= 15 is 0 Å². The highest BCUT2D eigenvalue weighted by atomic mass is 35.5. The van der Waals surface area contributed by atoms with Gasteiger partial charge in [0.2, 0.25) is 0 Å². The number of aliphatic carboxylic acids is 1. The average molecular weight is 230 g/mol. The van der Waals surface area contributed by atoms with E-state index in [-0.39, 0.29) is 11.8 Å². The van der Waals surface area contributed by atoms with Gasteiger partial charge in [-0.1, -0.05) is 0 Å². The van der Waals surface area contributed by atoms with E-state index in [1.54, 1.807) is 4.68 Å². The molecule has 82 valence electrons. The Morgan fingerprint density at radius 1 is 1.67 bits per heavy atom. The van der Waals surface area contributed by atoms with Crippen LogP contribution in [0, 0.1) is 0 Å². The van der Waals surface area contributed by atoms with Gasteiger partial charge >= 0.3 is 5.97 Å². The molecule has 5 nitrogen and oxygen atoms in total. The Bertz CT molecular complexity index is 377. The SMILES string of the molecule is O=C(O)CCc1nc2n(n1)CC(Cl)CC2. The first-order valence-corrected chi connectivity index (χ1v) is 5.37. The highest BCUT2D eigenvalue weighted by Gasteiger charge is 2.19. The molecule has 0 aliphatic carbocycles. The van der Waals surface area contributed by atoms with Crippen LogP contribution in [0.4, 0.5) is 0 Å². The smallest absolute Gasteiger partial charge is 0.303 e. The molecule has 0 aromatic carbocycles. The van der Waals surface area contributed by atoms with E-state index in [1.807, 2.05) is 0 Å². The van der Waals surface area contributed by atoms with Crippen LogP contribution in [-0.2, 0) is 24.2 Å². The van der Waals surface area contributed by atoms with Crippen molar-refractivity contribution in [1.82, 2.24) is 14.8 Å². The molecule has 1 aliphatic heterocycles. The molecule has 0 spiro atoms. The summed E-state index contributed by atoms with van der Waals surface area (Å²) >= 11 is 6.00. The fourth-order valence-electron chi connectivity index (χ4n) is 1.65. The molecule has 1 N–H and O–H groups in total. The summed E-state index contributed by atoms with van der Waals surface area (Å²) in [4.78, 5) is 14.7. The lowest BCUT2D eigenvalue weighted by Gasteiger charge is -2.16. The Morgan fingerprint density at radius 3 is 3.20 bits per heavy atom. The second-order valence-electron chi connectivity index (χ2n) is 3.66. The molecule has 0 saturated heterocycles. The van der Waals surface area contributed by atoms with Crippen molar-refractivity contribution in [3.63, 3.8) is 0 Å². The number of carboxylic acids is 1. The molecule has 0 fully saturated rings. The van der Waals surface area contributed by atoms with Crippen molar-refractivity contribution in [2.45, 2.75) is 37.6 Å². The van der Waals surface area contributed by atoms with Gasteiger partial charge in [0.25, 0.3) is 0 Å². The van der Waals surface area contributed by atoms with Crippen LogP contribution >= 0.6 is 11.6 Å². The quantitative estimate of drug-likeness (QED) is 0.781. The third kappa shape index (κ3) is 2.47. The Kier molecular flexibility index (Phi) is 2.90. The molecule has 15 heavy (non-hydrogen) atoms. The van der Waals surface area contributed by atoms with Crippen LogP contribution in [0.15, 0.2) is 0 Å². The molecule has 0 saturated carbocycles. The fourth-order valence-corrected chi connectivity index (χ4v) is 1.89. The van der Waals surface area contributed by atoms with E-state index in [9.17, 15) is 4.79 Å². The minimum absolute atomic E-state index is 0.0771. The van der Waals surface area contributed by atoms with Gasteiger partial charge in [-0.25, -0.2) is 9.67 Å². The molecule has 1 aliphatic rings. The third-order valence-electron chi connectivity index (χ3n) is 2.41. The summed E-state index contributed by atoms with van der Waals surface area (Å²) in [7, 11) is 0. The molecule has 2 rings (SSSR count). The fraction of sp³-hybridized carbons (Fsp3) is 0.667. The number of rotatable bonds is 3. The van der Waals surface area contributed by atoms with Gasteiger partial charge in [0.1, 0.15) is 5.82 Å². The number of aryl methyl sites for hydroxylation is 2. The van der Waals surface area contributed by atoms with Crippen LogP contribution in [0.1, 0.15) is 24.5 Å². The number of hydrogen-bond acceptors (Lipinski definition) is 3. The summed E-state index contributed by atoms with van der Waals surface area (Å²) in [5.74, 6) is 0.712. The molecule has 0 bridgehead atoms. The lowest BCUT2D eigenvalue weighted by atomic mass is 10.2. The molecule has 1 unspecified atom stereocenters. The van der Waals surface area contributed by atoms with E-state index < -0.39 is 5.97 Å². The molecular formula is C9H12ClN3O2. The summed E-state index contributed by atoms with van der Waals surface area (Å²) in [6.07, 6.45) is 2.21. The van der Waals surface area contributed by atoms with Crippen LogP contribution in [0.2, 0.25) is 0 Å². The lowest BCUT2D eigenvalue weighted by Crippen LogP contribution is -2.21. The van der Waals surface area contributed by atoms with Crippen molar-refractivity contribution < 1.29 is 9.90 Å². The highest BCUT2D eigenvalue weighted by molar-refractivity contribution is 6.20. The molecule has 1 aromatic heterocycles. The number of carboxylic acid groups (broad SMARTS) is 1. The lowest BCUT2D eigenvalue weighted by molar-refractivity contribution is -0.137. The number of halogens is 1. The largest absolute Gasteiger partial charge is 0.481 e. The van der Waals surface area contributed by atoms with Crippen molar-refractivity contribution in [1.29, 1.82) is 0 Å². The van der Waals surface area contributed by atoms with Crippen LogP contribution < -0.4 is 0 Å². The number of nitrogens with zero attached hydrogens (tertiary/aromatic N) is 3. The maximum atomic E-state index is 10.4. The third-order valence-corrected chi connectivity index (χ3v) is 2.76. The monoisotopic (exact) mass is 229 g/mol. The number of hydrogen-bond donors (Lipinski definition) is 1. The minimum Gasteiger partial charge on any atom is -0.481 e. The molecule has 6 heteroatoms. The molecule has 0 radical (unpaired) electrons. The van der Waals surface area contributed by atoms with Crippen molar-refractivity contribution in [2.24, 2.45) is 0 Å². The number of aromatic nitrogens is 3. The maximum Gasteiger partial charge on any atom is 0.303 e. The van der Waals surface area contributed by atoms with Crippen LogP contribution in [0.3, 0.4) is 0 Å². The van der Waals surface area contributed by atoms with Gasteiger partial charge in [-0.2, -0.15) is 5.10 Å². The number of fused-ring (bicyclic) bond motifs is 1. The summed E-state index contributed by atoms with van der Waals surface area (Å²) in [6.45, 7) is 0.678. The standard InChI is InChI=1S/C9H12ClN3O2/c10-6-1-3-8-11-7(2-4-9(14)15)12-13(8)5-6/h6H,1-5H2,(H,14,15). The minimum atomic E-state index is -0.821. The van der Waals surface area contributed by atoms with Gasteiger partial charge in [0.05, 0.1) is 18.3 Å². The number of carbonyl (C=O) groups is 1. The second-order valence-corrected chi connectivity index (χ2v) is 4.27. The Morgan fingerprint density at radius 2 is 2.47 bits per heavy atom. The zero-order chi connectivity index (χ0) is 10.8. The Hall–Kier alpha value is -1.10. The number of alkyl halides is 1. The summed E-state index contributed by atoms with van der Waals surface area (Å²) < 4.78 is 1.79. The van der Waals surface area contributed by atoms with Crippen LogP contribution in [0.5, 0.6) is 0 Å². The normalized spacial score (nSPS) is 19.9. The summed E-state index contributed by atoms with van der Waals surface area (Å²) in [5, 5.41) is 12.9. The van der Waals surface area contributed by atoms with Gasteiger partial charge in [0, 0.05) is 12.8 Å². The summed E-state index contributed by atoms with van der Waals surface area (Å²) in [6, 6.07) is 0. The second kappa shape index (κ2) is 4.18. The Labute approximate surface area is 92.1 Å². The van der Waals surface area contributed by atoms with Gasteiger partial charge in [-0.3, -0.25) is 4.79 Å². The van der Waals surface area contributed by atoms with Crippen LogP contribution in [0.25, 0.3) is 0 Å². The van der Waals surface area contributed by atoms with Crippen molar-refractivity contribution in [2.75, 3.05) is 0 Å². The first-order chi connectivity index (χ1) is 7.15. The van der Waals surface area contributed by atoms with Gasteiger partial charge < -0.3 is 5.11 Å². The molecule has 2 heterocycles. The van der Waals surface area contributed by atoms with Gasteiger partial charge in [-0.05, 0) is 6.42 Å². The first kappa shape index (κ1) is 10.4. The van der Waals surface area contributed by atoms with E-state index in [1.165, 1.54) is 0 Å². The predicted octanol–water partition coefficient (Wildman–Crippen LogP) is 0.849. The van der Waals surface area contributed by atoms with E-state index in [2.05, 4.69) is 10.1 Å². The van der Waals surface area contributed by atoms with E-state index in [0.29, 0.717) is 18.8 Å². The highest BCUT2D eigenvalue weighted by Crippen LogP contribution is 2.17. The predicted molar refractivity (Wildman–Crippen MR) is 53.9 cm³/mol. The average Bonchev–Trinajstić information content (AvgIpc) is 2.56. The van der Waals surface area contributed by atoms with Crippen LogP contribution in [-0.4, -0.2) is 31.2 Å². The molecular weight excluding hydrogens is 218 g/mol. The molecule has 0 amide bonds. The molecule has 1 atom stereocenters. The van der Waals surface area contributed by atoms with Crippen molar-refractivity contribution >= 4 is 17.6 Å². The van der Waals surface area contributed by atoms with Gasteiger partial charge in [-0.15, -0.1) is 11.6 Å². The Balaban J connectivity index is 2.06. The van der Waals surface area contributed by atoms with Crippen molar-refractivity contribution in [3.8, 4) is 0 Å². The van der Waals surface area contributed by atoms with E-state index in [4.69, 9.17) is 16.7 Å².